The zero-order chi connectivity index (χ0) is 9.40. The number of allylic oxidation sites excluding steroid dienone is 1. The molecule has 0 aromatic heterocycles. The molecule has 0 N–H and O–H groups in total. The van der Waals surface area contributed by atoms with Crippen LogP contribution in [0.4, 0.5) is 0 Å². The van der Waals surface area contributed by atoms with Gasteiger partial charge in [0.1, 0.15) is 6.61 Å². The van der Waals surface area contributed by atoms with Crippen LogP contribution in [0, 0.1) is 0 Å². The molecule has 0 spiro atoms. The maximum Gasteiger partial charge on any atom is 0.333 e. The third-order valence-corrected chi connectivity index (χ3v) is 1.42. The molecule has 70 valence electrons. The van der Waals surface area contributed by atoms with Crippen LogP contribution < -0.4 is 0 Å². The smallest absolute Gasteiger partial charge is 0.333 e. The first-order valence-electron chi connectivity index (χ1n) is 4.10. The van der Waals surface area contributed by atoms with Gasteiger partial charge in [0.15, 0.2) is 0 Å². The molecule has 0 unspecified atom stereocenters. The zero-order valence-electron chi connectivity index (χ0n) is 7.92. The summed E-state index contributed by atoms with van der Waals surface area (Å²) in [6, 6.07) is 0. The minimum atomic E-state index is -0.266. The number of carbonyl (C=O) groups is 1. The SMILES string of the molecule is CC=C(C)C(=O)OCCOCC. The Balaban J connectivity index is 3.45. The second-order valence-electron chi connectivity index (χ2n) is 2.30. The summed E-state index contributed by atoms with van der Waals surface area (Å²) < 4.78 is 9.87. The summed E-state index contributed by atoms with van der Waals surface area (Å²) in [6.45, 7) is 6.89. The molecule has 0 aliphatic rings. The number of rotatable bonds is 5. The Hall–Kier alpha value is -0.830. The lowest BCUT2D eigenvalue weighted by Crippen LogP contribution is -2.11. The number of carbonyl (C=O) groups excluding carboxylic acids is 1. The minimum absolute atomic E-state index is 0.266. The molecular formula is C9H16O3. The van der Waals surface area contributed by atoms with Gasteiger partial charge in [0.2, 0.25) is 0 Å². The van der Waals surface area contributed by atoms with E-state index in [4.69, 9.17) is 9.47 Å². The highest BCUT2D eigenvalue weighted by Gasteiger charge is 2.02. The monoisotopic (exact) mass is 172 g/mol. The van der Waals surface area contributed by atoms with Gasteiger partial charge in [-0.3, -0.25) is 0 Å². The highest BCUT2D eigenvalue weighted by Crippen LogP contribution is 1.95. The van der Waals surface area contributed by atoms with Gasteiger partial charge in [-0.25, -0.2) is 4.79 Å². The summed E-state index contributed by atoms with van der Waals surface area (Å²) in [6.07, 6.45) is 1.73. The van der Waals surface area contributed by atoms with Crippen LogP contribution in [-0.4, -0.2) is 25.8 Å². The van der Waals surface area contributed by atoms with Crippen LogP contribution >= 0.6 is 0 Å². The lowest BCUT2D eigenvalue weighted by atomic mass is 10.3. The van der Waals surface area contributed by atoms with E-state index in [9.17, 15) is 4.79 Å². The predicted octanol–water partition coefficient (Wildman–Crippen LogP) is 1.53. The van der Waals surface area contributed by atoms with Crippen LogP contribution in [-0.2, 0) is 14.3 Å². The number of hydrogen-bond acceptors (Lipinski definition) is 3. The van der Waals surface area contributed by atoms with Gasteiger partial charge in [-0.15, -0.1) is 0 Å². The normalized spacial score (nSPS) is 11.4. The van der Waals surface area contributed by atoms with E-state index in [2.05, 4.69) is 0 Å². The van der Waals surface area contributed by atoms with Gasteiger partial charge < -0.3 is 9.47 Å². The number of esters is 1. The first-order valence-corrected chi connectivity index (χ1v) is 4.10. The van der Waals surface area contributed by atoms with Crippen molar-refractivity contribution in [3.8, 4) is 0 Å². The molecule has 0 saturated heterocycles. The zero-order valence-corrected chi connectivity index (χ0v) is 7.92. The van der Waals surface area contributed by atoms with Crippen molar-refractivity contribution in [2.45, 2.75) is 20.8 Å². The van der Waals surface area contributed by atoms with Gasteiger partial charge in [-0.1, -0.05) is 6.08 Å². The molecule has 3 nitrogen and oxygen atoms in total. The van der Waals surface area contributed by atoms with E-state index in [1.165, 1.54) is 0 Å². The van der Waals surface area contributed by atoms with E-state index in [1.807, 2.05) is 6.92 Å². The van der Waals surface area contributed by atoms with Gasteiger partial charge in [0.05, 0.1) is 6.61 Å². The summed E-state index contributed by atoms with van der Waals surface area (Å²) in [5.74, 6) is -0.266. The molecule has 0 fully saturated rings. The van der Waals surface area contributed by atoms with Crippen molar-refractivity contribution in [2.24, 2.45) is 0 Å². The maximum atomic E-state index is 11.0. The highest BCUT2D eigenvalue weighted by atomic mass is 16.6. The molecule has 0 amide bonds. The molecule has 0 atom stereocenters. The molecule has 0 aliphatic carbocycles. The van der Waals surface area contributed by atoms with E-state index in [0.29, 0.717) is 25.4 Å². The van der Waals surface area contributed by atoms with Crippen molar-refractivity contribution in [3.63, 3.8) is 0 Å². The Labute approximate surface area is 73.4 Å². The fourth-order valence-corrected chi connectivity index (χ4v) is 0.569. The summed E-state index contributed by atoms with van der Waals surface area (Å²) in [7, 11) is 0. The molecule has 0 radical (unpaired) electrons. The fraction of sp³-hybridized carbons (Fsp3) is 0.667. The number of ether oxygens (including phenoxy) is 2. The quantitative estimate of drug-likeness (QED) is 0.358. The van der Waals surface area contributed by atoms with Crippen molar-refractivity contribution in [3.05, 3.63) is 11.6 Å². The molecule has 0 bridgehead atoms. The van der Waals surface area contributed by atoms with Gasteiger partial charge in [-0.05, 0) is 20.8 Å². The van der Waals surface area contributed by atoms with Crippen LogP contribution in [0.2, 0.25) is 0 Å². The first kappa shape index (κ1) is 11.2. The Kier molecular flexibility index (Phi) is 6.38. The standard InChI is InChI=1S/C9H16O3/c1-4-8(3)9(10)12-7-6-11-5-2/h4H,5-7H2,1-3H3. The Morgan fingerprint density at radius 2 is 2.08 bits per heavy atom. The number of hydrogen-bond donors (Lipinski definition) is 0. The van der Waals surface area contributed by atoms with Crippen molar-refractivity contribution < 1.29 is 14.3 Å². The van der Waals surface area contributed by atoms with Gasteiger partial charge >= 0.3 is 5.97 Å². The van der Waals surface area contributed by atoms with Crippen LogP contribution in [0.3, 0.4) is 0 Å². The summed E-state index contributed by atoms with van der Waals surface area (Å²) in [4.78, 5) is 11.0. The Morgan fingerprint density at radius 1 is 1.42 bits per heavy atom. The molecule has 0 aliphatic heterocycles. The molecule has 0 heterocycles. The summed E-state index contributed by atoms with van der Waals surface area (Å²) in [5.41, 5.74) is 0.631. The summed E-state index contributed by atoms with van der Waals surface area (Å²) >= 11 is 0. The largest absolute Gasteiger partial charge is 0.460 e. The Bertz CT molecular complexity index is 161. The van der Waals surface area contributed by atoms with Crippen molar-refractivity contribution in [1.29, 1.82) is 0 Å². The Morgan fingerprint density at radius 3 is 2.58 bits per heavy atom. The lowest BCUT2D eigenvalue weighted by molar-refractivity contribution is -0.140. The van der Waals surface area contributed by atoms with E-state index < -0.39 is 0 Å². The van der Waals surface area contributed by atoms with Crippen LogP contribution in [0.5, 0.6) is 0 Å². The predicted molar refractivity (Wildman–Crippen MR) is 46.9 cm³/mol. The third kappa shape index (κ3) is 4.91. The first-order chi connectivity index (χ1) is 5.72. The maximum absolute atomic E-state index is 11.0. The highest BCUT2D eigenvalue weighted by molar-refractivity contribution is 5.87. The van der Waals surface area contributed by atoms with Crippen LogP contribution in [0.1, 0.15) is 20.8 Å². The average Bonchev–Trinajstić information content (AvgIpc) is 2.10. The minimum Gasteiger partial charge on any atom is -0.460 e. The van der Waals surface area contributed by atoms with Crippen molar-refractivity contribution >= 4 is 5.97 Å². The van der Waals surface area contributed by atoms with E-state index >= 15 is 0 Å². The second-order valence-corrected chi connectivity index (χ2v) is 2.30. The molecule has 12 heavy (non-hydrogen) atoms. The van der Waals surface area contributed by atoms with Gasteiger partial charge in [0.25, 0.3) is 0 Å². The molecular weight excluding hydrogens is 156 g/mol. The van der Waals surface area contributed by atoms with Crippen LogP contribution in [0.25, 0.3) is 0 Å². The van der Waals surface area contributed by atoms with Crippen molar-refractivity contribution in [2.75, 3.05) is 19.8 Å². The van der Waals surface area contributed by atoms with Gasteiger partial charge in [-0.2, -0.15) is 0 Å². The molecule has 0 saturated carbocycles. The van der Waals surface area contributed by atoms with E-state index in [1.54, 1.807) is 19.9 Å². The van der Waals surface area contributed by atoms with Crippen LogP contribution in [0.15, 0.2) is 11.6 Å². The van der Waals surface area contributed by atoms with Crippen molar-refractivity contribution in [1.82, 2.24) is 0 Å². The molecule has 0 aromatic rings. The topological polar surface area (TPSA) is 35.5 Å². The molecule has 0 rings (SSSR count). The average molecular weight is 172 g/mol. The van der Waals surface area contributed by atoms with Gasteiger partial charge in [0, 0.05) is 12.2 Å². The molecule has 3 heteroatoms. The second kappa shape index (κ2) is 6.85. The lowest BCUT2D eigenvalue weighted by Gasteiger charge is -2.03. The van der Waals surface area contributed by atoms with E-state index in [-0.39, 0.29) is 5.97 Å². The van der Waals surface area contributed by atoms with E-state index in [0.717, 1.165) is 0 Å². The third-order valence-electron chi connectivity index (χ3n) is 1.42. The summed E-state index contributed by atoms with van der Waals surface area (Å²) in [5, 5.41) is 0. The fourth-order valence-electron chi connectivity index (χ4n) is 0.569. The molecule has 0 aromatic carbocycles.